The quantitative estimate of drug-likeness (QED) is 0.227. The molecule has 1 aliphatic heterocycles. The highest BCUT2D eigenvalue weighted by Gasteiger charge is 2.47. The van der Waals surface area contributed by atoms with Crippen LogP contribution in [0, 0.1) is 6.92 Å². The summed E-state index contributed by atoms with van der Waals surface area (Å²) in [7, 11) is 0. The van der Waals surface area contributed by atoms with Gasteiger partial charge in [-0.1, -0.05) is 99.8 Å². The van der Waals surface area contributed by atoms with E-state index in [1.54, 1.807) is 23.9 Å². The van der Waals surface area contributed by atoms with E-state index >= 15 is 0 Å². The zero-order valence-corrected chi connectivity index (χ0v) is 24.2. The van der Waals surface area contributed by atoms with Crippen molar-refractivity contribution < 1.29 is 0 Å². The van der Waals surface area contributed by atoms with E-state index in [1.807, 2.05) is 54.4 Å². The molecular weight excluding hydrogens is 588 g/mol. The number of thioether (sulfide) groups is 1. The fourth-order valence-electron chi connectivity index (χ4n) is 4.25. The molecule has 11 heteroatoms. The molecule has 0 radical (unpaired) electrons. The van der Waals surface area contributed by atoms with Crippen molar-refractivity contribution in [2.24, 2.45) is 10.8 Å². The molecular formula is C26H21Cl4N5S2. The summed E-state index contributed by atoms with van der Waals surface area (Å²) in [6.45, 7) is 1.93. The summed E-state index contributed by atoms with van der Waals surface area (Å²) >= 11 is 28.3. The number of hydrazone groups is 1. The van der Waals surface area contributed by atoms with Gasteiger partial charge in [-0.15, -0.1) is 10.2 Å². The van der Waals surface area contributed by atoms with Crippen LogP contribution in [0.1, 0.15) is 40.6 Å². The zero-order valence-electron chi connectivity index (χ0n) is 19.5. The number of aryl methyl sites for hydroxylation is 1. The monoisotopic (exact) mass is 607 g/mol. The molecule has 4 aromatic rings. The molecule has 2 heterocycles. The van der Waals surface area contributed by atoms with E-state index in [4.69, 9.17) is 57.2 Å². The average molecular weight is 609 g/mol. The Kier molecular flexibility index (Phi) is 8.03. The lowest BCUT2D eigenvalue weighted by molar-refractivity contribution is 0.485. The van der Waals surface area contributed by atoms with Gasteiger partial charge < -0.3 is 5.73 Å². The van der Waals surface area contributed by atoms with Gasteiger partial charge in [0, 0.05) is 31.7 Å². The SMILES string of the molecule is Cc1nnc(N2N=C(c3cc(Cl)cc(Cl)c3)SC2(CCC(N)c2cc(Cl)cc(Cl)c2)c2ccccc2)s1. The van der Waals surface area contributed by atoms with Crippen molar-refractivity contribution in [1.29, 1.82) is 0 Å². The number of benzene rings is 3. The van der Waals surface area contributed by atoms with Crippen LogP contribution in [0.2, 0.25) is 20.1 Å². The summed E-state index contributed by atoms with van der Waals surface area (Å²) in [5.41, 5.74) is 9.46. The second kappa shape index (κ2) is 11.1. The molecule has 0 saturated carbocycles. The fraction of sp³-hybridized carbons (Fsp3) is 0.192. The Morgan fingerprint density at radius 1 is 0.892 bits per heavy atom. The van der Waals surface area contributed by atoms with E-state index in [9.17, 15) is 0 Å². The highest BCUT2D eigenvalue weighted by molar-refractivity contribution is 8.15. The van der Waals surface area contributed by atoms with Crippen LogP contribution in [-0.2, 0) is 4.87 Å². The van der Waals surface area contributed by atoms with Crippen LogP contribution in [0.4, 0.5) is 5.13 Å². The first-order valence-electron chi connectivity index (χ1n) is 11.3. The van der Waals surface area contributed by atoms with Crippen LogP contribution < -0.4 is 10.7 Å². The van der Waals surface area contributed by atoms with Crippen LogP contribution in [0.5, 0.6) is 0 Å². The number of nitrogens with zero attached hydrogens (tertiary/aromatic N) is 4. The fourth-order valence-corrected chi connectivity index (χ4v) is 7.45. The summed E-state index contributed by atoms with van der Waals surface area (Å²) in [6, 6.07) is 20.8. The Morgan fingerprint density at radius 3 is 2.11 bits per heavy atom. The normalized spacial score (nSPS) is 18.2. The molecule has 190 valence electrons. The van der Waals surface area contributed by atoms with E-state index in [1.165, 1.54) is 11.3 Å². The number of nitrogens with two attached hydrogens (primary N) is 1. The molecule has 0 amide bonds. The summed E-state index contributed by atoms with van der Waals surface area (Å²) in [4.78, 5) is -0.642. The summed E-state index contributed by atoms with van der Waals surface area (Å²) < 4.78 is 0. The van der Waals surface area contributed by atoms with Crippen molar-refractivity contribution >= 4 is 79.7 Å². The first kappa shape index (κ1) is 26.8. The van der Waals surface area contributed by atoms with E-state index in [0.29, 0.717) is 38.1 Å². The molecule has 1 aromatic heterocycles. The van der Waals surface area contributed by atoms with Crippen molar-refractivity contribution in [2.75, 3.05) is 5.01 Å². The minimum atomic E-state index is -0.642. The maximum atomic E-state index is 6.68. The number of aromatic nitrogens is 2. The van der Waals surface area contributed by atoms with Gasteiger partial charge in [-0.05, 0) is 67.3 Å². The van der Waals surface area contributed by atoms with Gasteiger partial charge in [0.05, 0.1) is 0 Å². The lowest BCUT2D eigenvalue weighted by Gasteiger charge is -2.36. The predicted molar refractivity (Wildman–Crippen MR) is 158 cm³/mol. The number of rotatable bonds is 7. The minimum Gasteiger partial charge on any atom is -0.324 e. The molecule has 37 heavy (non-hydrogen) atoms. The van der Waals surface area contributed by atoms with Crippen LogP contribution >= 0.6 is 69.5 Å². The van der Waals surface area contributed by atoms with E-state index in [-0.39, 0.29) is 6.04 Å². The summed E-state index contributed by atoms with van der Waals surface area (Å²) in [5, 5.41) is 20.2. The molecule has 5 nitrogen and oxygen atoms in total. The number of anilines is 1. The van der Waals surface area contributed by atoms with E-state index in [2.05, 4.69) is 22.3 Å². The Labute approximate surface area is 243 Å². The zero-order chi connectivity index (χ0) is 26.2. The Balaban J connectivity index is 1.58. The first-order chi connectivity index (χ1) is 17.7. The Hall–Kier alpha value is -1.84. The highest BCUT2D eigenvalue weighted by Crippen LogP contribution is 2.53. The maximum Gasteiger partial charge on any atom is 0.230 e. The van der Waals surface area contributed by atoms with Gasteiger partial charge in [-0.3, -0.25) is 0 Å². The van der Waals surface area contributed by atoms with Crippen molar-refractivity contribution in [2.45, 2.75) is 30.7 Å². The standard InChI is InChI=1S/C26H21Cl4N5S2/c1-15-32-33-25(36-15)35-26(18-5-3-2-4-6-18,8-7-23(31)16-9-19(27)13-20(28)10-16)37-24(34-35)17-11-21(29)14-22(30)12-17/h2-6,9-14,23H,7-8,31H2,1H3. The average Bonchev–Trinajstić information content (AvgIpc) is 3.46. The van der Waals surface area contributed by atoms with Crippen molar-refractivity contribution in [3.8, 4) is 0 Å². The Morgan fingerprint density at radius 2 is 1.51 bits per heavy atom. The third-order valence-corrected chi connectivity index (χ3v) is 9.08. The van der Waals surface area contributed by atoms with Crippen molar-refractivity contribution in [1.82, 2.24) is 10.2 Å². The molecule has 0 saturated heterocycles. The molecule has 0 fully saturated rings. The van der Waals surface area contributed by atoms with Gasteiger partial charge in [0.15, 0.2) is 0 Å². The molecule has 2 atom stereocenters. The summed E-state index contributed by atoms with van der Waals surface area (Å²) in [6.07, 6.45) is 1.28. The molecule has 3 aromatic carbocycles. The number of hydrogen-bond acceptors (Lipinski definition) is 7. The lowest BCUT2D eigenvalue weighted by Crippen LogP contribution is -2.38. The topological polar surface area (TPSA) is 67.4 Å². The third-order valence-electron chi connectivity index (χ3n) is 5.94. The van der Waals surface area contributed by atoms with Gasteiger partial charge in [-0.25, -0.2) is 5.01 Å². The van der Waals surface area contributed by atoms with Crippen LogP contribution in [-0.4, -0.2) is 15.2 Å². The minimum absolute atomic E-state index is 0.292. The second-order valence-corrected chi connectivity index (χ2v) is 12.8. The maximum absolute atomic E-state index is 6.68. The number of hydrogen-bond donors (Lipinski definition) is 1. The smallest absolute Gasteiger partial charge is 0.230 e. The number of halogens is 4. The van der Waals surface area contributed by atoms with Crippen LogP contribution in [0.25, 0.3) is 0 Å². The van der Waals surface area contributed by atoms with Gasteiger partial charge >= 0.3 is 0 Å². The van der Waals surface area contributed by atoms with Crippen molar-refractivity contribution in [3.05, 3.63) is 109 Å². The van der Waals surface area contributed by atoms with Gasteiger partial charge in [-0.2, -0.15) is 5.10 Å². The third kappa shape index (κ3) is 5.78. The first-order valence-corrected chi connectivity index (χ1v) is 14.5. The largest absolute Gasteiger partial charge is 0.324 e. The van der Waals surface area contributed by atoms with E-state index < -0.39 is 4.87 Å². The van der Waals surface area contributed by atoms with Crippen LogP contribution in [0.15, 0.2) is 71.8 Å². The van der Waals surface area contributed by atoms with Gasteiger partial charge in [0.2, 0.25) is 5.13 Å². The van der Waals surface area contributed by atoms with Crippen molar-refractivity contribution in [3.63, 3.8) is 0 Å². The van der Waals surface area contributed by atoms with Crippen LogP contribution in [0.3, 0.4) is 0 Å². The van der Waals surface area contributed by atoms with E-state index in [0.717, 1.165) is 26.7 Å². The molecule has 0 aliphatic carbocycles. The predicted octanol–water partition coefficient (Wildman–Crippen LogP) is 8.71. The van der Waals surface area contributed by atoms with Gasteiger partial charge in [0.25, 0.3) is 0 Å². The molecule has 5 rings (SSSR count). The molecule has 0 spiro atoms. The molecule has 2 unspecified atom stereocenters. The highest BCUT2D eigenvalue weighted by atomic mass is 35.5. The molecule has 0 bridgehead atoms. The van der Waals surface area contributed by atoms with Gasteiger partial charge in [0.1, 0.15) is 14.9 Å². The second-order valence-electron chi connectivity index (χ2n) is 8.58. The molecule has 2 N–H and O–H groups in total. The lowest BCUT2D eigenvalue weighted by atomic mass is 9.95. The molecule has 1 aliphatic rings. The summed E-state index contributed by atoms with van der Waals surface area (Å²) in [5.74, 6) is 0. The Bertz CT molecular complexity index is 1420.